The highest BCUT2D eigenvalue weighted by atomic mass is 15.1. The number of nitrogens with zero attached hydrogens (tertiary/aromatic N) is 1. The van der Waals surface area contributed by atoms with Gasteiger partial charge in [-0.1, -0.05) is 0 Å². The molecule has 92 valence electrons. The van der Waals surface area contributed by atoms with Crippen molar-refractivity contribution in [3.63, 3.8) is 0 Å². The van der Waals surface area contributed by atoms with Gasteiger partial charge in [-0.2, -0.15) is 5.10 Å². The summed E-state index contributed by atoms with van der Waals surface area (Å²) in [4.78, 5) is 0. The molecule has 0 aromatic carbocycles. The molecule has 0 aliphatic heterocycles. The molecule has 1 aromatic rings. The molecule has 1 heterocycles. The molecule has 0 saturated heterocycles. The third-order valence-corrected chi connectivity index (χ3v) is 5.51. The first kappa shape index (κ1) is 10.1. The smallest absolute Gasteiger partial charge is 0.0535 e. The predicted molar refractivity (Wildman–Crippen MR) is 66.3 cm³/mol. The maximum atomic E-state index is 5.85. The predicted octanol–water partition coefficient (Wildman–Crippen LogP) is 2.34. The van der Waals surface area contributed by atoms with Crippen molar-refractivity contribution in [2.45, 2.75) is 50.5 Å². The molecule has 0 radical (unpaired) electrons. The fraction of sp³-hybridized carbons (Fsp3) is 0.786. The lowest BCUT2D eigenvalue weighted by Crippen LogP contribution is -2.49. The normalized spacial score (nSPS) is 43.2. The van der Waals surface area contributed by atoms with Gasteiger partial charge >= 0.3 is 0 Å². The summed E-state index contributed by atoms with van der Waals surface area (Å²) in [6, 6.07) is 0. The Morgan fingerprint density at radius 2 is 1.76 bits per heavy atom. The largest absolute Gasteiger partial charge is 0.326 e. The van der Waals surface area contributed by atoms with Crippen LogP contribution in [0.3, 0.4) is 0 Å². The number of aromatic amines is 1. The van der Waals surface area contributed by atoms with E-state index in [4.69, 9.17) is 5.73 Å². The molecule has 3 nitrogen and oxygen atoms in total. The van der Waals surface area contributed by atoms with Crippen LogP contribution in [0.1, 0.15) is 49.8 Å². The first-order valence-corrected chi connectivity index (χ1v) is 7.02. The Bertz CT molecular complexity index is 399. The molecule has 0 unspecified atom stereocenters. The number of hydrogen-bond acceptors (Lipinski definition) is 2. The monoisotopic (exact) mass is 231 g/mol. The minimum absolute atomic E-state index is 0.417. The number of nitrogens with two attached hydrogens (primary N) is 1. The molecule has 4 saturated carbocycles. The number of aromatic nitrogens is 2. The zero-order valence-corrected chi connectivity index (χ0v) is 10.3. The van der Waals surface area contributed by atoms with Gasteiger partial charge in [-0.25, -0.2) is 0 Å². The lowest BCUT2D eigenvalue weighted by atomic mass is 9.48. The molecule has 3 heteroatoms. The zero-order valence-electron chi connectivity index (χ0n) is 10.3. The van der Waals surface area contributed by atoms with Crippen molar-refractivity contribution in [3.8, 4) is 0 Å². The Morgan fingerprint density at radius 3 is 2.29 bits per heavy atom. The Labute approximate surface area is 102 Å². The minimum atomic E-state index is 0.417. The lowest BCUT2D eigenvalue weighted by molar-refractivity contribution is -0.00760. The molecule has 0 spiro atoms. The standard InChI is InChI=1S/C14H21N3/c15-7-12-8-16-17-13(12)14-4-9-1-10(5-14)3-11(2-9)6-14/h8-11H,1-7,15H2,(H,16,17). The van der Waals surface area contributed by atoms with E-state index in [2.05, 4.69) is 10.2 Å². The molecule has 1 aromatic heterocycles. The maximum Gasteiger partial charge on any atom is 0.0535 e. The van der Waals surface area contributed by atoms with Gasteiger partial charge in [-0.05, 0) is 56.3 Å². The molecular formula is C14H21N3. The van der Waals surface area contributed by atoms with Crippen molar-refractivity contribution in [1.82, 2.24) is 10.2 Å². The molecule has 17 heavy (non-hydrogen) atoms. The van der Waals surface area contributed by atoms with Gasteiger partial charge in [0.2, 0.25) is 0 Å². The Morgan fingerprint density at radius 1 is 1.18 bits per heavy atom. The minimum Gasteiger partial charge on any atom is -0.326 e. The second-order valence-corrected chi connectivity index (χ2v) is 6.67. The summed E-state index contributed by atoms with van der Waals surface area (Å²) in [5.74, 6) is 2.94. The highest BCUT2D eigenvalue weighted by Crippen LogP contribution is 2.60. The summed E-state index contributed by atoms with van der Waals surface area (Å²) in [7, 11) is 0. The molecule has 5 rings (SSSR count). The maximum absolute atomic E-state index is 5.85. The van der Waals surface area contributed by atoms with Crippen LogP contribution in [0.15, 0.2) is 6.20 Å². The van der Waals surface area contributed by atoms with Gasteiger partial charge in [-0.3, -0.25) is 5.10 Å². The van der Waals surface area contributed by atoms with Crippen LogP contribution in [0.4, 0.5) is 0 Å². The van der Waals surface area contributed by atoms with E-state index in [-0.39, 0.29) is 0 Å². The summed E-state index contributed by atoms with van der Waals surface area (Å²) in [6.45, 7) is 0.633. The molecule has 4 fully saturated rings. The second kappa shape index (κ2) is 3.35. The quantitative estimate of drug-likeness (QED) is 0.820. The second-order valence-electron chi connectivity index (χ2n) is 6.67. The molecular weight excluding hydrogens is 210 g/mol. The molecule has 4 bridgehead atoms. The molecule has 0 amide bonds. The van der Waals surface area contributed by atoms with Gasteiger partial charge in [0.15, 0.2) is 0 Å². The van der Waals surface area contributed by atoms with E-state index in [1.807, 2.05) is 6.20 Å². The Kier molecular flexibility index (Phi) is 1.99. The van der Waals surface area contributed by atoms with E-state index < -0.39 is 0 Å². The van der Waals surface area contributed by atoms with Gasteiger partial charge in [0.1, 0.15) is 0 Å². The van der Waals surface area contributed by atoms with Crippen molar-refractivity contribution in [1.29, 1.82) is 0 Å². The van der Waals surface area contributed by atoms with Crippen LogP contribution in [-0.2, 0) is 12.0 Å². The molecule has 4 aliphatic rings. The van der Waals surface area contributed by atoms with E-state index in [0.29, 0.717) is 12.0 Å². The third kappa shape index (κ3) is 1.35. The fourth-order valence-corrected chi connectivity index (χ4v) is 5.34. The number of nitrogens with one attached hydrogen (secondary N) is 1. The number of hydrogen-bond donors (Lipinski definition) is 2. The number of H-pyrrole nitrogens is 1. The van der Waals surface area contributed by atoms with Crippen molar-refractivity contribution < 1.29 is 0 Å². The van der Waals surface area contributed by atoms with Crippen LogP contribution in [0.5, 0.6) is 0 Å². The molecule has 3 N–H and O–H groups in total. The van der Waals surface area contributed by atoms with E-state index >= 15 is 0 Å². The van der Waals surface area contributed by atoms with E-state index in [0.717, 1.165) is 17.8 Å². The van der Waals surface area contributed by atoms with E-state index in [1.165, 1.54) is 49.8 Å². The summed E-state index contributed by atoms with van der Waals surface area (Å²) < 4.78 is 0. The van der Waals surface area contributed by atoms with Gasteiger partial charge in [-0.15, -0.1) is 0 Å². The van der Waals surface area contributed by atoms with Crippen LogP contribution in [0.25, 0.3) is 0 Å². The van der Waals surface area contributed by atoms with Crippen LogP contribution in [0, 0.1) is 17.8 Å². The van der Waals surface area contributed by atoms with Gasteiger partial charge < -0.3 is 5.73 Å². The molecule has 4 aliphatic carbocycles. The highest BCUT2D eigenvalue weighted by molar-refractivity contribution is 5.29. The van der Waals surface area contributed by atoms with Crippen LogP contribution in [-0.4, -0.2) is 10.2 Å². The van der Waals surface area contributed by atoms with E-state index in [9.17, 15) is 0 Å². The van der Waals surface area contributed by atoms with Gasteiger partial charge in [0.25, 0.3) is 0 Å². The molecule has 0 atom stereocenters. The first-order chi connectivity index (χ1) is 8.29. The van der Waals surface area contributed by atoms with Crippen LogP contribution in [0.2, 0.25) is 0 Å². The van der Waals surface area contributed by atoms with Crippen molar-refractivity contribution in [3.05, 3.63) is 17.5 Å². The Balaban J connectivity index is 1.77. The average Bonchev–Trinajstić information content (AvgIpc) is 2.75. The fourth-order valence-electron chi connectivity index (χ4n) is 5.34. The van der Waals surface area contributed by atoms with Crippen molar-refractivity contribution in [2.24, 2.45) is 23.5 Å². The summed E-state index contributed by atoms with van der Waals surface area (Å²) in [5.41, 5.74) is 8.91. The van der Waals surface area contributed by atoms with Crippen LogP contribution < -0.4 is 5.73 Å². The third-order valence-electron chi connectivity index (χ3n) is 5.51. The SMILES string of the molecule is NCc1cn[nH]c1C12CC3CC(CC(C3)C1)C2. The topological polar surface area (TPSA) is 54.7 Å². The summed E-state index contributed by atoms with van der Waals surface area (Å²) in [6.07, 6.45) is 10.6. The lowest BCUT2D eigenvalue weighted by Gasteiger charge is -2.56. The van der Waals surface area contributed by atoms with E-state index in [1.54, 1.807) is 0 Å². The number of rotatable bonds is 2. The van der Waals surface area contributed by atoms with Crippen LogP contribution >= 0.6 is 0 Å². The average molecular weight is 231 g/mol. The van der Waals surface area contributed by atoms with Crippen molar-refractivity contribution >= 4 is 0 Å². The Hall–Kier alpha value is -0.830. The van der Waals surface area contributed by atoms with Gasteiger partial charge in [0, 0.05) is 23.2 Å². The van der Waals surface area contributed by atoms with Crippen molar-refractivity contribution in [2.75, 3.05) is 0 Å². The highest BCUT2D eigenvalue weighted by Gasteiger charge is 2.52. The summed E-state index contributed by atoms with van der Waals surface area (Å²) in [5, 5.41) is 7.53. The first-order valence-electron chi connectivity index (χ1n) is 7.02. The zero-order chi connectivity index (χ0) is 11.5. The summed E-state index contributed by atoms with van der Waals surface area (Å²) >= 11 is 0. The van der Waals surface area contributed by atoms with Gasteiger partial charge in [0.05, 0.1) is 6.20 Å².